The van der Waals surface area contributed by atoms with Crippen molar-refractivity contribution < 1.29 is 0 Å². The van der Waals surface area contributed by atoms with E-state index in [0.29, 0.717) is 16.1 Å². The van der Waals surface area contributed by atoms with Crippen LogP contribution in [0.25, 0.3) is 0 Å². The quantitative estimate of drug-likeness (QED) is 0.820. The van der Waals surface area contributed by atoms with Crippen LogP contribution in [-0.2, 0) is 0 Å². The summed E-state index contributed by atoms with van der Waals surface area (Å²) in [4.78, 5) is 23.9. The molecule has 3 N–H and O–H groups in total. The van der Waals surface area contributed by atoms with Crippen LogP contribution in [0.15, 0.2) is 27.8 Å². The summed E-state index contributed by atoms with van der Waals surface area (Å²) in [6, 6.07) is 5.85. The van der Waals surface area contributed by atoms with Crippen molar-refractivity contribution in [1.82, 2.24) is 0 Å². The van der Waals surface area contributed by atoms with Gasteiger partial charge in [0.1, 0.15) is 0 Å². The van der Waals surface area contributed by atoms with Crippen molar-refractivity contribution in [3.63, 3.8) is 0 Å². The lowest BCUT2D eigenvalue weighted by atomic mass is 9.91. The van der Waals surface area contributed by atoms with Crippen LogP contribution in [0.1, 0.15) is 49.9 Å². The first-order valence-corrected chi connectivity index (χ1v) is 7.66. The highest BCUT2D eigenvalue weighted by atomic mass is 35.5. The molecule has 23 heavy (non-hydrogen) atoms. The Morgan fingerprint density at radius 2 is 2.00 bits per heavy atom. The minimum absolute atomic E-state index is 0.239. The molecule has 2 aromatic rings. The van der Waals surface area contributed by atoms with E-state index in [9.17, 15) is 9.59 Å². The Morgan fingerprint density at radius 1 is 1.35 bits per heavy atom. The minimum Gasteiger partial charge on any atom is -0.376 e. The van der Waals surface area contributed by atoms with Gasteiger partial charge in [-0.05, 0) is 38.0 Å². The van der Waals surface area contributed by atoms with Gasteiger partial charge in [0.2, 0.25) is 10.9 Å². The minimum atomic E-state index is -0.810. The largest absolute Gasteiger partial charge is 0.376 e. The third-order valence-electron chi connectivity index (χ3n) is 4.07. The zero-order valence-electron chi connectivity index (χ0n) is 13.2. The fourth-order valence-corrected chi connectivity index (χ4v) is 2.56. The lowest BCUT2D eigenvalue weighted by molar-refractivity contribution is 0.544. The fourth-order valence-electron chi connectivity index (χ4n) is 2.26. The highest BCUT2D eigenvalue weighted by Crippen LogP contribution is 2.30. The van der Waals surface area contributed by atoms with Crippen LogP contribution in [0.2, 0.25) is 5.02 Å². The third-order valence-corrected chi connectivity index (χ3v) is 4.40. The van der Waals surface area contributed by atoms with Crippen molar-refractivity contribution in [2.24, 2.45) is 5.73 Å². The van der Waals surface area contributed by atoms with E-state index in [1.165, 1.54) is 6.07 Å². The Balaban J connectivity index is 2.44. The van der Waals surface area contributed by atoms with E-state index < -0.39 is 16.9 Å². The normalized spacial score (nSPS) is 12.9. The Morgan fingerprint density at radius 3 is 2.52 bits per heavy atom. The third kappa shape index (κ3) is 3.14. The van der Waals surface area contributed by atoms with Crippen molar-refractivity contribution in [3.8, 4) is 6.07 Å². The van der Waals surface area contributed by atoms with Gasteiger partial charge >= 0.3 is 0 Å². The Kier molecular flexibility index (Phi) is 4.60. The highest BCUT2D eigenvalue weighted by molar-refractivity contribution is 6.31. The molecule has 120 valence electrons. The molecule has 0 heterocycles. The second-order valence-electron chi connectivity index (χ2n) is 6.14. The molecule has 0 aliphatic heterocycles. The van der Waals surface area contributed by atoms with Gasteiger partial charge in [0.15, 0.2) is 0 Å². The summed E-state index contributed by atoms with van der Waals surface area (Å²) in [7, 11) is 0. The van der Waals surface area contributed by atoms with Crippen LogP contribution in [0.4, 0.5) is 5.69 Å². The number of anilines is 1. The molecule has 0 saturated carbocycles. The van der Waals surface area contributed by atoms with Gasteiger partial charge in [-0.2, -0.15) is 5.26 Å². The summed E-state index contributed by atoms with van der Waals surface area (Å²) in [6.45, 7) is 5.86. The Hall–Kier alpha value is -2.16. The predicted molar refractivity (Wildman–Crippen MR) is 91.5 cm³/mol. The van der Waals surface area contributed by atoms with E-state index in [0.717, 1.165) is 6.42 Å². The summed E-state index contributed by atoms with van der Waals surface area (Å²) in [5, 5.41) is 12.3. The van der Waals surface area contributed by atoms with Crippen LogP contribution in [-0.4, -0.2) is 5.54 Å². The molecule has 0 saturated heterocycles. The molecule has 1 atom stereocenters. The number of hydrogen-bond acceptors (Lipinski definition) is 5. The molecule has 0 aromatic heterocycles. The molecule has 0 aliphatic rings. The maximum absolute atomic E-state index is 12.0. The SMILES string of the molecule is CCC(C)(C)Nc1c(C(N)c2ccc(C#N)cc2Cl)c(=O)c1=O. The Bertz CT molecular complexity index is 858. The van der Waals surface area contributed by atoms with E-state index in [4.69, 9.17) is 22.6 Å². The number of nitrogens with zero attached hydrogens (tertiary/aromatic N) is 1. The number of nitriles is 1. The van der Waals surface area contributed by atoms with Gasteiger partial charge in [-0.15, -0.1) is 0 Å². The summed E-state index contributed by atoms with van der Waals surface area (Å²) in [5.41, 5.74) is 6.10. The van der Waals surface area contributed by atoms with E-state index in [1.807, 2.05) is 26.8 Å². The average molecular weight is 332 g/mol. The molecule has 0 bridgehead atoms. The van der Waals surface area contributed by atoms with Crippen LogP contribution < -0.4 is 21.9 Å². The van der Waals surface area contributed by atoms with Crippen molar-refractivity contribution in [1.29, 1.82) is 5.26 Å². The fraction of sp³-hybridized carbons (Fsp3) is 0.353. The number of halogens is 1. The highest BCUT2D eigenvalue weighted by Gasteiger charge is 2.30. The van der Waals surface area contributed by atoms with Gasteiger partial charge in [-0.3, -0.25) is 9.59 Å². The number of benzene rings is 1. The molecule has 5 nitrogen and oxygen atoms in total. The monoisotopic (exact) mass is 331 g/mol. The molecular weight excluding hydrogens is 314 g/mol. The summed E-state index contributed by atoms with van der Waals surface area (Å²) >= 11 is 6.15. The summed E-state index contributed by atoms with van der Waals surface area (Å²) in [6.07, 6.45) is 0.776. The summed E-state index contributed by atoms with van der Waals surface area (Å²) in [5.74, 6) is 0. The van der Waals surface area contributed by atoms with Crippen molar-refractivity contribution in [2.75, 3.05) is 5.32 Å². The standard InChI is InChI=1S/C17H18ClN3O2/c1-4-17(2,3)21-14-12(15(22)16(14)23)13(20)10-6-5-9(8-19)7-11(10)18/h5-7,13,21H,4,20H2,1-3H3. The van der Waals surface area contributed by atoms with Gasteiger partial charge < -0.3 is 11.1 Å². The zero-order valence-corrected chi connectivity index (χ0v) is 14.0. The number of rotatable bonds is 5. The lowest BCUT2D eigenvalue weighted by Crippen LogP contribution is -2.45. The number of nitrogens with one attached hydrogen (secondary N) is 1. The van der Waals surface area contributed by atoms with Gasteiger partial charge in [-0.25, -0.2) is 0 Å². The van der Waals surface area contributed by atoms with E-state index in [2.05, 4.69) is 5.32 Å². The van der Waals surface area contributed by atoms with Crippen LogP contribution in [0.5, 0.6) is 0 Å². The second kappa shape index (κ2) is 6.15. The molecule has 2 rings (SSSR count). The van der Waals surface area contributed by atoms with Gasteiger partial charge in [-0.1, -0.05) is 24.6 Å². The zero-order chi connectivity index (χ0) is 17.4. The first-order valence-electron chi connectivity index (χ1n) is 7.28. The van der Waals surface area contributed by atoms with E-state index in [-0.39, 0.29) is 16.8 Å². The number of hydrogen-bond donors (Lipinski definition) is 2. The van der Waals surface area contributed by atoms with Crippen molar-refractivity contribution in [2.45, 2.75) is 38.8 Å². The van der Waals surface area contributed by atoms with Crippen LogP contribution in [0, 0.1) is 11.3 Å². The maximum Gasteiger partial charge on any atom is 0.249 e. The topological polar surface area (TPSA) is 96.0 Å². The van der Waals surface area contributed by atoms with E-state index >= 15 is 0 Å². The van der Waals surface area contributed by atoms with Crippen LogP contribution >= 0.6 is 11.6 Å². The molecule has 1 unspecified atom stereocenters. The predicted octanol–water partition coefficient (Wildman–Crippen LogP) is 2.46. The molecule has 0 aliphatic carbocycles. The van der Waals surface area contributed by atoms with Gasteiger partial charge in [0.05, 0.1) is 28.9 Å². The molecule has 0 radical (unpaired) electrons. The summed E-state index contributed by atoms with van der Waals surface area (Å²) < 4.78 is 0. The molecule has 2 aromatic carbocycles. The first kappa shape index (κ1) is 17.2. The molecule has 0 fully saturated rings. The lowest BCUT2D eigenvalue weighted by Gasteiger charge is -2.29. The molecule has 6 heteroatoms. The van der Waals surface area contributed by atoms with Crippen molar-refractivity contribution >= 4 is 17.3 Å². The van der Waals surface area contributed by atoms with Gasteiger partial charge in [0, 0.05) is 10.6 Å². The van der Waals surface area contributed by atoms with E-state index in [1.54, 1.807) is 12.1 Å². The maximum atomic E-state index is 12.0. The average Bonchev–Trinajstić information content (AvgIpc) is 2.53. The molecule has 0 spiro atoms. The van der Waals surface area contributed by atoms with Gasteiger partial charge in [0.25, 0.3) is 0 Å². The smallest absolute Gasteiger partial charge is 0.249 e. The molecule has 0 amide bonds. The number of nitrogens with two attached hydrogens (primary N) is 1. The second-order valence-corrected chi connectivity index (χ2v) is 6.54. The van der Waals surface area contributed by atoms with Crippen molar-refractivity contribution in [3.05, 3.63) is 60.4 Å². The Labute approximate surface area is 139 Å². The molecular formula is C17H18ClN3O2. The first-order chi connectivity index (χ1) is 10.7. The van der Waals surface area contributed by atoms with Crippen LogP contribution in [0.3, 0.4) is 0 Å².